The molecule has 2 N–H and O–H groups in total. The van der Waals surface area contributed by atoms with Crippen LogP contribution in [0.4, 0.5) is 5.69 Å². The van der Waals surface area contributed by atoms with E-state index in [0.717, 1.165) is 28.8 Å². The summed E-state index contributed by atoms with van der Waals surface area (Å²) in [5.41, 5.74) is 7.54. The number of nitro benzene ring substituents is 1. The number of nitro groups is 1. The van der Waals surface area contributed by atoms with Crippen LogP contribution in [-0.2, 0) is 6.42 Å². The fraction of sp³-hybridized carbons (Fsp3) is 0.625. The Balaban J connectivity index is 2.07. The van der Waals surface area contributed by atoms with E-state index in [0.29, 0.717) is 5.92 Å². The van der Waals surface area contributed by atoms with Crippen molar-refractivity contribution < 1.29 is 4.92 Å². The van der Waals surface area contributed by atoms with Gasteiger partial charge < -0.3 is 5.73 Å². The van der Waals surface area contributed by atoms with Gasteiger partial charge in [0.25, 0.3) is 5.69 Å². The Kier molecular flexibility index (Phi) is 5.76. The normalized spacial score (nSPS) is 25.8. The Labute approximate surface area is 134 Å². The van der Waals surface area contributed by atoms with Crippen molar-refractivity contribution in [3.63, 3.8) is 0 Å². The molecule has 0 radical (unpaired) electrons. The van der Waals surface area contributed by atoms with Crippen LogP contribution in [-0.4, -0.2) is 11.0 Å². The summed E-state index contributed by atoms with van der Waals surface area (Å²) in [5, 5.41) is 10.8. The highest BCUT2D eigenvalue weighted by molar-refractivity contribution is 9.10. The lowest BCUT2D eigenvalue weighted by Gasteiger charge is -2.34. The van der Waals surface area contributed by atoms with E-state index in [2.05, 4.69) is 22.9 Å². The molecule has 0 amide bonds. The van der Waals surface area contributed by atoms with Crippen LogP contribution in [0.5, 0.6) is 0 Å². The van der Waals surface area contributed by atoms with Crippen molar-refractivity contribution in [3.8, 4) is 0 Å². The molecule has 0 bridgehead atoms. The molecule has 0 heterocycles. The van der Waals surface area contributed by atoms with Gasteiger partial charge in [0.2, 0.25) is 0 Å². The molecular formula is C16H23BrN2O2. The Morgan fingerprint density at radius 2 is 2.19 bits per heavy atom. The summed E-state index contributed by atoms with van der Waals surface area (Å²) in [6, 6.07) is 5.28. The van der Waals surface area contributed by atoms with Gasteiger partial charge in [0.1, 0.15) is 0 Å². The van der Waals surface area contributed by atoms with Gasteiger partial charge in [0, 0.05) is 22.6 Å². The van der Waals surface area contributed by atoms with Crippen molar-refractivity contribution in [2.75, 3.05) is 0 Å². The standard InChI is InChI=1S/C16H23BrN2O2/c1-2-3-11-4-7-16(18)13(8-11)9-12-5-6-14(19(20)21)10-15(12)17/h5-6,10-11,13,16H,2-4,7-9,18H2,1H3. The number of nitrogens with zero attached hydrogens (tertiary/aromatic N) is 1. The lowest BCUT2D eigenvalue weighted by molar-refractivity contribution is -0.384. The molecule has 5 heteroatoms. The third kappa shape index (κ3) is 4.27. The van der Waals surface area contributed by atoms with Gasteiger partial charge in [-0.15, -0.1) is 0 Å². The van der Waals surface area contributed by atoms with Crippen molar-refractivity contribution in [1.29, 1.82) is 0 Å². The maximum atomic E-state index is 10.8. The minimum absolute atomic E-state index is 0.127. The third-order valence-corrected chi connectivity index (χ3v) is 5.31. The molecule has 0 aromatic heterocycles. The van der Waals surface area contributed by atoms with Gasteiger partial charge >= 0.3 is 0 Å². The van der Waals surface area contributed by atoms with Gasteiger partial charge in [-0.05, 0) is 43.1 Å². The van der Waals surface area contributed by atoms with Crippen molar-refractivity contribution >= 4 is 21.6 Å². The first-order valence-electron chi connectivity index (χ1n) is 7.69. The van der Waals surface area contributed by atoms with Gasteiger partial charge in [0.05, 0.1) is 4.92 Å². The molecule has 1 aliphatic carbocycles. The lowest BCUT2D eigenvalue weighted by Crippen LogP contribution is -2.37. The van der Waals surface area contributed by atoms with E-state index >= 15 is 0 Å². The highest BCUT2D eigenvalue weighted by atomic mass is 79.9. The minimum Gasteiger partial charge on any atom is -0.327 e. The van der Waals surface area contributed by atoms with Crippen LogP contribution in [0.1, 0.15) is 44.6 Å². The van der Waals surface area contributed by atoms with Crippen molar-refractivity contribution in [3.05, 3.63) is 38.3 Å². The summed E-state index contributed by atoms with van der Waals surface area (Å²) in [4.78, 5) is 10.4. The number of hydrogen-bond donors (Lipinski definition) is 1. The molecule has 2 rings (SSSR count). The number of nitrogens with two attached hydrogens (primary N) is 1. The SMILES string of the molecule is CCCC1CCC(N)C(Cc2ccc([N+](=O)[O-])cc2Br)C1. The van der Waals surface area contributed by atoms with Crippen LogP contribution in [0.25, 0.3) is 0 Å². The minimum atomic E-state index is -0.363. The zero-order valence-electron chi connectivity index (χ0n) is 12.4. The number of hydrogen-bond acceptors (Lipinski definition) is 3. The van der Waals surface area contributed by atoms with Crippen molar-refractivity contribution in [2.24, 2.45) is 17.6 Å². The second-order valence-electron chi connectivity index (χ2n) is 6.13. The van der Waals surface area contributed by atoms with E-state index in [4.69, 9.17) is 5.73 Å². The fourth-order valence-electron chi connectivity index (χ4n) is 3.39. The summed E-state index contributed by atoms with van der Waals surface area (Å²) in [5.74, 6) is 1.27. The van der Waals surface area contributed by atoms with Gasteiger partial charge in [-0.25, -0.2) is 0 Å². The molecule has 3 unspecified atom stereocenters. The molecule has 116 valence electrons. The summed E-state index contributed by atoms with van der Waals surface area (Å²) in [6.45, 7) is 2.23. The Morgan fingerprint density at radius 3 is 2.81 bits per heavy atom. The van der Waals surface area contributed by atoms with Crippen LogP contribution in [0, 0.1) is 22.0 Å². The summed E-state index contributed by atoms with van der Waals surface area (Å²) in [7, 11) is 0. The third-order valence-electron chi connectivity index (χ3n) is 4.58. The molecule has 0 saturated heterocycles. The molecule has 1 aromatic carbocycles. The molecule has 0 spiro atoms. The molecule has 4 nitrogen and oxygen atoms in total. The molecule has 1 saturated carbocycles. The number of halogens is 1. The molecule has 3 atom stereocenters. The fourth-order valence-corrected chi connectivity index (χ4v) is 3.92. The average Bonchev–Trinajstić information content (AvgIpc) is 2.44. The molecule has 1 aromatic rings. The number of non-ortho nitro benzene ring substituents is 1. The maximum Gasteiger partial charge on any atom is 0.270 e. The predicted molar refractivity (Wildman–Crippen MR) is 88.2 cm³/mol. The highest BCUT2D eigenvalue weighted by Gasteiger charge is 2.28. The average molecular weight is 355 g/mol. The van der Waals surface area contributed by atoms with E-state index in [1.54, 1.807) is 12.1 Å². The lowest BCUT2D eigenvalue weighted by atomic mass is 9.74. The van der Waals surface area contributed by atoms with E-state index in [1.165, 1.54) is 25.7 Å². The zero-order chi connectivity index (χ0) is 15.4. The van der Waals surface area contributed by atoms with Gasteiger partial charge in [-0.2, -0.15) is 0 Å². The van der Waals surface area contributed by atoms with E-state index in [9.17, 15) is 10.1 Å². The quantitative estimate of drug-likeness (QED) is 0.627. The maximum absolute atomic E-state index is 10.8. The van der Waals surface area contributed by atoms with Crippen LogP contribution >= 0.6 is 15.9 Å². The topological polar surface area (TPSA) is 69.2 Å². The van der Waals surface area contributed by atoms with Gasteiger partial charge in [0.15, 0.2) is 0 Å². The van der Waals surface area contributed by atoms with Crippen LogP contribution < -0.4 is 5.73 Å². The van der Waals surface area contributed by atoms with Crippen molar-refractivity contribution in [1.82, 2.24) is 0 Å². The number of rotatable bonds is 5. The van der Waals surface area contributed by atoms with Crippen LogP contribution in [0.15, 0.2) is 22.7 Å². The van der Waals surface area contributed by atoms with Crippen molar-refractivity contribution in [2.45, 2.75) is 51.5 Å². The first kappa shape index (κ1) is 16.4. The smallest absolute Gasteiger partial charge is 0.270 e. The first-order chi connectivity index (χ1) is 10.0. The highest BCUT2D eigenvalue weighted by Crippen LogP contribution is 2.35. The van der Waals surface area contributed by atoms with Crippen LogP contribution in [0.2, 0.25) is 0 Å². The molecule has 0 aliphatic heterocycles. The van der Waals surface area contributed by atoms with E-state index in [1.807, 2.05) is 6.07 Å². The predicted octanol–water partition coefficient (Wildman–Crippen LogP) is 4.44. The molecule has 21 heavy (non-hydrogen) atoms. The van der Waals surface area contributed by atoms with Gasteiger partial charge in [-0.1, -0.05) is 41.8 Å². The summed E-state index contributed by atoms with van der Waals surface area (Å²) < 4.78 is 0.821. The first-order valence-corrected chi connectivity index (χ1v) is 8.49. The summed E-state index contributed by atoms with van der Waals surface area (Å²) in [6.07, 6.45) is 6.93. The molecular weight excluding hydrogens is 332 g/mol. The Bertz CT molecular complexity index is 507. The molecule has 1 aliphatic rings. The zero-order valence-corrected chi connectivity index (χ0v) is 14.0. The van der Waals surface area contributed by atoms with Crippen LogP contribution in [0.3, 0.4) is 0 Å². The van der Waals surface area contributed by atoms with E-state index in [-0.39, 0.29) is 16.7 Å². The van der Waals surface area contributed by atoms with E-state index < -0.39 is 0 Å². The Hall–Kier alpha value is -0.940. The molecule has 1 fully saturated rings. The monoisotopic (exact) mass is 354 g/mol. The Morgan fingerprint density at radius 1 is 1.43 bits per heavy atom. The second-order valence-corrected chi connectivity index (χ2v) is 6.98. The number of benzene rings is 1. The largest absolute Gasteiger partial charge is 0.327 e. The second kappa shape index (κ2) is 7.36. The van der Waals surface area contributed by atoms with Gasteiger partial charge in [-0.3, -0.25) is 10.1 Å². The summed E-state index contributed by atoms with van der Waals surface area (Å²) >= 11 is 3.46.